The maximum Gasteiger partial charge on any atom is 0.308 e. The van der Waals surface area contributed by atoms with Crippen LogP contribution in [0, 0.1) is 5.92 Å². The molecule has 5 nitrogen and oxygen atoms in total. The van der Waals surface area contributed by atoms with Crippen LogP contribution in [0.2, 0.25) is 0 Å². The highest BCUT2D eigenvalue weighted by Gasteiger charge is 2.33. The minimum atomic E-state index is -0.858. The summed E-state index contributed by atoms with van der Waals surface area (Å²) in [5, 5.41) is 8.83. The van der Waals surface area contributed by atoms with Crippen LogP contribution in [0.15, 0.2) is 0 Å². The summed E-state index contributed by atoms with van der Waals surface area (Å²) < 4.78 is 0. The van der Waals surface area contributed by atoms with Gasteiger partial charge in [0.05, 0.1) is 5.92 Å². The fourth-order valence-corrected chi connectivity index (χ4v) is 2.13. The van der Waals surface area contributed by atoms with Gasteiger partial charge in [0.25, 0.3) is 0 Å². The number of carboxylic acid groups (broad SMARTS) is 1. The molecule has 0 saturated carbocycles. The lowest BCUT2D eigenvalue weighted by Crippen LogP contribution is -2.27. The quantitative estimate of drug-likeness (QED) is 0.617. The molecule has 1 aliphatic rings. The molecule has 0 spiro atoms. The van der Waals surface area contributed by atoms with Crippen LogP contribution < -0.4 is 5.73 Å². The number of rotatable bonds is 8. The lowest BCUT2D eigenvalue weighted by Gasteiger charge is -2.15. The van der Waals surface area contributed by atoms with E-state index >= 15 is 0 Å². The van der Waals surface area contributed by atoms with E-state index in [2.05, 4.69) is 0 Å². The van der Waals surface area contributed by atoms with Gasteiger partial charge >= 0.3 is 5.97 Å². The van der Waals surface area contributed by atoms with E-state index in [0.29, 0.717) is 13.1 Å². The Balaban J connectivity index is 2.11. The number of hydrogen-bond donors (Lipinski definition) is 2. The first-order valence-corrected chi connectivity index (χ1v) is 6.35. The molecule has 1 heterocycles. The summed E-state index contributed by atoms with van der Waals surface area (Å²) in [6, 6.07) is 0. The molecular formula is C12H22N2O3. The van der Waals surface area contributed by atoms with Gasteiger partial charge in [-0.05, 0) is 19.4 Å². The molecular weight excluding hydrogens is 220 g/mol. The highest BCUT2D eigenvalue weighted by Crippen LogP contribution is 2.18. The molecule has 1 unspecified atom stereocenters. The number of carbonyl (C=O) groups excluding carboxylic acids is 1. The molecule has 0 aromatic heterocycles. The van der Waals surface area contributed by atoms with Crippen molar-refractivity contribution in [3.8, 4) is 0 Å². The first kappa shape index (κ1) is 14.0. The molecule has 1 saturated heterocycles. The molecule has 0 aromatic rings. The molecule has 0 radical (unpaired) electrons. The van der Waals surface area contributed by atoms with E-state index in [1.54, 1.807) is 4.90 Å². The van der Waals surface area contributed by atoms with Gasteiger partial charge in [-0.3, -0.25) is 9.59 Å². The van der Waals surface area contributed by atoms with Crippen molar-refractivity contribution in [2.75, 3.05) is 19.6 Å². The van der Waals surface area contributed by atoms with E-state index < -0.39 is 11.9 Å². The third kappa shape index (κ3) is 4.73. The zero-order chi connectivity index (χ0) is 12.7. The van der Waals surface area contributed by atoms with Gasteiger partial charge in [0.1, 0.15) is 0 Å². The summed E-state index contributed by atoms with van der Waals surface area (Å²) in [4.78, 5) is 23.9. The second-order valence-electron chi connectivity index (χ2n) is 4.64. The summed E-state index contributed by atoms with van der Waals surface area (Å²) in [5.74, 6) is -1.37. The van der Waals surface area contributed by atoms with Crippen LogP contribution in [0.25, 0.3) is 0 Å². The molecule has 17 heavy (non-hydrogen) atoms. The average Bonchev–Trinajstić information content (AvgIpc) is 2.65. The summed E-state index contributed by atoms with van der Waals surface area (Å²) in [6.45, 7) is 1.83. The lowest BCUT2D eigenvalue weighted by atomic mass is 10.1. The molecule has 1 rings (SSSR count). The average molecular weight is 242 g/mol. The fourth-order valence-electron chi connectivity index (χ4n) is 2.13. The van der Waals surface area contributed by atoms with E-state index in [-0.39, 0.29) is 12.3 Å². The van der Waals surface area contributed by atoms with Crippen LogP contribution in [0.3, 0.4) is 0 Å². The number of carboxylic acids is 1. The van der Waals surface area contributed by atoms with Crippen LogP contribution in [-0.4, -0.2) is 41.5 Å². The lowest BCUT2D eigenvalue weighted by molar-refractivity contribution is -0.141. The zero-order valence-electron chi connectivity index (χ0n) is 10.2. The van der Waals surface area contributed by atoms with Gasteiger partial charge < -0.3 is 15.7 Å². The highest BCUT2D eigenvalue weighted by molar-refractivity contribution is 5.86. The van der Waals surface area contributed by atoms with Gasteiger partial charge in [0.2, 0.25) is 5.91 Å². The van der Waals surface area contributed by atoms with Gasteiger partial charge in [-0.25, -0.2) is 0 Å². The number of likely N-dealkylation sites (tertiary alicyclic amines) is 1. The van der Waals surface area contributed by atoms with Crippen molar-refractivity contribution >= 4 is 11.9 Å². The minimum Gasteiger partial charge on any atom is -0.481 e. The summed E-state index contributed by atoms with van der Waals surface area (Å²) in [6.07, 6.45) is 5.56. The van der Waals surface area contributed by atoms with Crippen molar-refractivity contribution in [3.63, 3.8) is 0 Å². The summed E-state index contributed by atoms with van der Waals surface area (Å²) >= 11 is 0. The predicted molar refractivity (Wildman–Crippen MR) is 64.5 cm³/mol. The van der Waals surface area contributed by atoms with Crippen LogP contribution in [0.5, 0.6) is 0 Å². The second-order valence-corrected chi connectivity index (χ2v) is 4.64. The first-order valence-electron chi connectivity index (χ1n) is 6.35. The third-order valence-corrected chi connectivity index (χ3v) is 3.20. The standard InChI is InChI=1S/C12H22N2O3/c13-6-4-2-1-3-5-7-14-9-10(12(16)17)8-11(14)15/h10H,1-9,13H2,(H,16,17). The van der Waals surface area contributed by atoms with E-state index in [4.69, 9.17) is 10.8 Å². The van der Waals surface area contributed by atoms with Crippen LogP contribution >= 0.6 is 0 Å². The van der Waals surface area contributed by atoms with Crippen LogP contribution in [-0.2, 0) is 9.59 Å². The van der Waals surface area contributed by atoms with Crippen molar-refractivity contribution in [3.05, 3.63) is 0 Å². The normalized spacial score (nSPS) is 19.9. The molecule has 1 amide bonds. The summed E-state index contributed by atoms with van der Waals surface area (Å²) in [5.41, 5.74) is 5.40. The van der Waals surface area contributed by atoms with Crippen molar-refractivity contribution in [1.82, 2.24) is 4.90 Å². The van der Waals surface area contributed by atoms with Crippen LogP contribution in [0.4, 0.5) is 0 Å². The van der Waals surface area contributed by atoms with E-state index in [1.807, 2.05) is 0 Å². The van der Waals surface area contributed by atoms with Crippen molar-refractivity contribution in [2.45, 2.75) is 38.5 Å². The number of aliphatic carboxylic acids is 1. The van der Waals surface area contributed by atoms with Crippen molar-refractivity contribution in [2.24, 2.45) is 11.7 Å². The molecule has 0 aliphatic carbocycles. The smallest absolute Gasteiger partial charge is 0.308 e. The number of carbonyl (C=O) groups is 2. The van der Waals surface area contributed by atoms with Gasteiger partial charge in [0, 0.05) is 19.5 Å². The number of amides is 1. The Morgan fingerprint density at radius 1 is 1.29 bits per heavy atom. The Morgan fingerprint density at radius 2 is 1.94 bits per heavy atom. The molecule has 5 heteroatoms. The SMILES string of the molecule is NCCCCCCCN1CC(C(=O)O)CC1=O. The minimum absolute atomic E-state index is 0.0145. The third-order valence-electron chi connectivity index (χ3n) is 3.20. The molecule has 1 atom stereocenters. The molecule has 3 N–H and O–H groups in total. The van der Waals surface area contributed by atoms with Crippen molar-refractivity contribution in [1.29, 1.82) is 0 Å². The van der Waals surface area contributed by atoms with E-state index in [0.717, 1.165) is 38.6 Å². The monoisotopic (exact) mass is 242 g/mol. The Kier molecular flexibility index (Phi) is 5.97. The molecule has 98 valence electrons. The highest BCUT2D eigenvalue weighted by atomic mass is 16.4. The van der Waals surface area contributed by atoms with Gasteiger partial charge in [-0.1, -0.05) is 19.3 Å². The van der Waals surface area contributed by atoms with Gasteiger partial charge in [-0.2, -0.15) is 0 Å². The second kappa shape index (κ2) is 7.27. The number of nitrogens with two attached hydrogens (primary N) is 1. The zero-order valence-corrected chi connectivity index (χ0v) is 10.2. The summed E-state index contributed by atoms with van der Waals surface area (Å²) in [7, 11) is 0. The maximum absolute atomic E-state index is 11.5. The first-order chi connectivity index (χ1) is 8.15. The predicted octanol–water partition coefficient (Wildman–Crippen LogP) is 0.829. The fraction of sp³-hybridized carbons (Fsp3) is 0.833. The van der Waals surface area contributed by atoms with Crippen LogP contribution in [0.1, 0.15) is 38.5 Å². The maximum atomic E-state index is 11.5. The molecule has 1 fully saturated rings. The number of hydrogen-bond acceptors (Lipinski definition) is 3. The Morgan fingerprint density at radius 3 is 2.53 bits per heavy atom. The number of nitrogens with zero attached hydrogens (tertiary/aromatic N) is 1. The van der Waals surface area contributed by atoms with E-state index in [1.165, 1.54) is 0 Å². The van der Waals surface area contributed by atoms with E-state index in [9.17, 15) is 9.59 Å². The largest absolute Gasteiger partial charge is 0.481 e. The number of unbranched alkanes of at least 4 members (excludes halogenated alkanes) is 4. The van der Waals surface area contributed by atoms with Gasteiger partial charge in [0.15, 0.2) is 0 Å². The van der Waals surface area contributed by atoms with Crippen molar-refractivity contribution < 1.29 is 14.7 Å². The Labute approximate surface area is 102 Å². The molecule has 1 aliphatic heterocycles. The molecule has 0 bridgehead atoms. The Bertz CT molecular complexity index is 268. The topological polar surface area (TPSA) is 83.6 Å². The van der Waals surface area contributed by atoms with Gasteiger partial charge in [-0.15, -0.1) is 0 Å². The Hall–Kier alpha value is -1.10. The molecule has 0 aromatic carbocycles.